The zero-order valence-electron chi connectivity index (χ0n) is 20.4. The lowest BCUT2D eigenvalue weighted by Gasteiger charge is -2.45. The van der Waals surface area contributed by atoms with Gasteiger partial charge in [-0.3, -0.25) is 14.5 Å². The lowest BCUT2D eigenvalue weighted by atomic mass is 9.60. The van der Waals surface area contributed by atoms with Crippen LogP contribution < -0.4 is 0 Å². The van der Waals surface area contributed by atoms with Crippen molar-refractivity contribution in [2.45, 2.75) is 82.3 Å². The third-order valence-corrected chi connectivity index (χ3v) is 8.34. The molecule has 5 rings (SSSR count). The number of hydrogen-bond donors (Lipinski definition) is 3. The second kappa shape index (κ2) is 11.0. The molecule has 2 amide bonds. The number of amides is 2. The molecular formula is C26H36N2O8. The molecular weight excluding hydrogens is 468 g/mol. The first-order valence-corrected chi connectivity index (χ1v) is 13.2. The molecule has 1 aliphatic heterocycles. The van der Waals surface area contributed by atoms with E-state index in [0.717, 1.165) is 32.1 Å². The van der Waals surface area contributed by atoms with E-state index in [1.54, 1.807) is 18.4 Å². The number of oxime groups is 1. The van der Waals surface area contributed by atoms with E-state index in [0.29, 0.717) is 24.3 Å². The van der Waals surface area contributed by atoms with Crippen LogP contribution in [0.15, 0.2) is 28.0 Å². The number of imide groups is 1. The minimum Gasteiger partial charge on any atom is -0.467 e. The Morgan fingerprint density at radius 3 is 2.58 bits per heavy atom. The van der Waals surface area contributed by atoms with Gasteiger partial charge in [0.1, 0.15) is 25.1 Å². The third-order valence-electron chi connectivity index (χ3n) is 8.34. The second-order valence-electron chi connectivity index (χ2n) is 10.6. The van der Waals surface area contributed by atoms with Crippen LogP contribution in [-0.2, 0) is 25.8 Å². The number of rotatable bonds is 8. The van der Waals surface area contributed by atoms with E-state index < -0.39 is 36.1 Å². The first-order chi connectivity index (χ1) is 17.5. The van der Waals surface area contributed by atoms with Crippen LogP contribution >= 0.6 is 0 Å². The molecule has 2 heterocycles. The Balaban J connectivity index is 1.23. The molecule has 36 heavy (non-hydrogen) atoms. The molecule has 1 aromatic heterocycles. The number of aliphatic hydroxyl groups excluding tert-OH is 3. The molecule has 7 atom stereocenters. The molecule has 198 valence electrons. The predicted molar refractivity (Wildman–Crippen MR) is 126 cm³/mol. The zero-order chi connectivity index (χ0) is 25.2. The van der Waals surface area contributed by atoms with Crippen LogP contribution in [0.5, 0.6) is 0 Å². The van der Waals surface area contributed by atoms with Gasteiger partial charge in [0.2, 0.25) is 11.8 Å². The molecule has 10 heteroatoms. The quantitative estimate of drug-likeness (QED) is 0.358. The van der Waals surface area contributed by atoms with Gasteiger partial charge in [-0.15, -0.1) is 0 Å². The highest BCUT2D eigenvalue weighted by atomic mass is 16.6. The largest absolute Gasteiger partial charge is 0.467 e. The Labute approximate surface area is 210 Å². The lowest BCUT2D eigenvalue weighted by Crippen LogP contribution is -2.54. The van der Waals surface area contributed by atoms with Crippen molar-refractivity contribution in [2.75, 3.05) is 13.2 Å². The fraction of sp³-hybridized carbons (Fsp3) is 0.731. The number of carbonyl (C=O) groups is 2. The van der Waals surface area contributed by atoms with Gasteiger partial charge in [-0.25, -0.2) is 0 Å². The van der Waals surface area contributed by atoms with E-state index in [9.17, 15) is 24.9 Å². The number of nitrogens with zero attached hydrogens (tertiary/aromatic N) is 2. The minimum atomic E-state index is -1.11. The zero-order valence-corrected chi connectivity index (χ0v) is 20.4. The van der Waals surface area contributed by atoms with Gasteiger partial charge in [0.05, 0.1) is 42.6 Å². The number of ether oxygens (including phenoxy) is 1. The SMILES string of the molecule is O=C1[C@H]2[C@H]3[C@H](O)[C@H](O)C/C(=N\OC[C@@H](O)COCc4ccco4)[C@@H]3CC[C@H]2C(=O)N1C1CCCCC1. The molecule has 3 N–H and O–H groups in total. The summed E-state index contributed by atoms with van der Waals surface area (Å²) in [5.41, 5.74) is 0.566. The lowest BCUT2D eigenvalue weighted by molar-refractivity contribution is -0.145. The molecule has 0 spiro atoms. The molecule has 0 aromatic carbocycles. The fourth-order valence-corrected chi connectivity index (χ4v) is 6.64. The fourth-order valence-electron chi connectivity index (χ4n) is 6.64. The van der Waals surface area contributed by atoms with Gasteiger partial charge in [0.15, 0.2) is 0 Å². The summed E-state index contributed by atoms with van der Waals surface area (Å²) in [6.45, 7) is 0.173. The molecule has 0 radical (unpaired) electrons. The average molecular weight is 505 g/mol. The topological polar surface area (TPSA) is 142 Å². The molecule has 0 bridgehead atoms. The molecule has 1 saturated heterocycles. The van der Waals surface area contributed by atoms with Crippen LogP contribution in [0.25, 0.3) is 0 Å². The third kappa shape index (κ3) is 4.96. The van der Waals surface area contributed by atoms with Gasteiger partial charge in [-0.2, -0.15) is 0 Å². The number of likely N-dealkylation sites (tertiary alicyclic amines) is 1. The van der Waals surface area contributed by atoms with Gasteiger partial charge < -0.3 is 29.3 Å². The summed E-state index contributed by atoms with van der Waals surface area (Å²) >= 11 is 0. The van der Waals surface area contributed by atoms with E-state index in [2.05, 4.69) is 5.16 Å². The molecule has 1 aromatic rings. The van der Waals surface area contributed by atoms with Crippen molar-refractivity contribution < 1.29 is 38.9 Å². The van der Waals surface area contributed by atoms with Crippen LogP contribution in [0.1, 0.15) is 57.1 Å². The van der Waals surface area contributed by atoms with Gasteiger partial charge >= 0.3 is 0 Å². The van der Waals surface area contributed by atoms with E-state index >= 15 is 0 Å². The summed E-state index contributed by atoms with van der Waals surface area (Å²) in [7, 11) is 0. The molecule has 3 aliphatic carbocycles. The van der Waals surface area contributed by atoms with Crippen LogP contribution in [0, 0.1) is 23.7 Å². The highest BCUT2D eigenvalue weighted by molar-refractivity contribution is 6.06. The first-order valence-electron chi connectivity index (χ1n) is 13.2. The Morgan fingerprint density at radius 1 is 1.06 bits per heavy atom. The summed E-state index contributed by atoms with van der Waals surface area (Å²) in [6.07, 6.45) is 4.52. The Morgan fingerprint density at radius 2 is 1.83 bits per heavy atom. The van der Waals surface area contributed by atoms with Crippen molar-refractivity contribution in [2.24, 2.45) is 28.8 Å². The molecule has 0 unspecified atom stereocenters. The van der Waals surface area contributed by atoms with Crippen LogP contribution in [0.4, 0.5) is 0 Å². The van der Waals surface area contributed by atoms with E-state index in [1.165, 1.54) is 4.90 Å². The summed E-state index contributed by atoms with van der Waals surface area (Å²) in [4.78, 5) is 33.7. The maximum atomic E-state index is 13.5. The monoisotopic (exact) mass is 504 g/mol. The maximum Gasteiger partial charge on any atom is 0.233 e. The van der Waals surface area contributed by atoms with Crippen molar-refractivity contribution in [1.29, 1.82) is 0 Å². The Bertz CT molecular complexity index is 944. The maximum absolute atomic E-state index is 13.5. The second-order valence-corrected chi connectivity index (χ2v) is 10.6. The van der Waals surface area contributed by atoms with Crippen molar-refractivity contribution in [3.63, 3.8) is 0 Å². The first kappa shape index (κ1) is 25.4. The molecule has 4 fully saturated rings. The van der Waals surface area contributed by atoms with Crippen molar-refractivity contribution >= 4 is 17.5 Å². The molecule has 4 aliphatic rings. The van der Waals surface area contributed by atoms with E-state index in [4.69, 9.17) is 14.0 Å². The Hall–Kier alpha value is -2.27. The number of carbonyl (C=O) groups excluding carboxylic acids is 2. The molecule has 3 saturated carbocycles. The number of fused-ring (bicyclic) bond motifs is 3. The Kier molecular flexibility index (Phi) is 7.76. The number of furan rings is 1. The smallest absolute Gasteiger partial charge is 0.233 e. The van der Waals surface area contributed by atoms with E-state index in [1.807, 2.05) is 0 Å². The predicted octanol–water partition coefficient (Wildman–Crippen LogP) is 1.62. The van der Waals surface area contributed by atoms with Crippen LogP contribution in [-0.4, -0.2) is 75.3 Å². The van der Waals surface area contributed by atoms with Crippen molar-refractivity contribution in [1.82, 2.24) is 4.90 Å². The van der Waals surface area contributed by atoms with Gasteiger partial charge in [-0.1, -0.05) is 24.4 Å². The van der Waals surface area contributed by atoms with Crippen LogP contribution in [0.3, 0.4) is 0 Å². The summed E-state index contributed by atoms with van der Waals surface area (Å²) < 4.78 is 10.6. The highest BCUT2D eigenvalue weighted by Gasteiger charge is 2.60. The van der Waals surface area contributed by atoms with Gasteiger partial charge in [0.25, 0.3) is 0 Å². The van der Waals surface area contributed by atoms with Crippen molar-refractivity contribution in [3.05, 3.63) is 24.2 Å². The van der Waals surface area contributed by atoms with E-state index in [-0.39, 0.29) is 50.0 Å². The normalized spacial score (nSPS) is 35.1. The average Bonchev–Trinajstić information content (AvgIpc) is 3.48. The van der Waals surface area contributed by atoms with Crippen molar-refractivity contribution in [3.8, 4) is 0 Å². The van der Waals surface area contributed by atoms with Crippen LogP contribution in [0.2, 0.25) is 0 Å². The highest BCUT2D eigenvalue weighted by Crippen LogP contribution is 2.50. The summed E-state index contributed by atoms with van der Waals surface area (Å²) in [6, 6.07) is 3.48. The summed E-state index contributed by atoms with van der Waals surface area (Å²) in [5.74, 6) is -1.60. The molecule has 10 nitrogen and oxygen atoms in total. The number of aliphatic hydroxyl groups is 3. The standard InChI is InChI=1S/C26H36N2O8/c29-16(12-34-14-17-7-4-10-35-17)13-36-27-20-11-21(30)24(31)22-18(20)8-9-19-23(22)26(33)28(25(19)32)15-5-2-1-3-6-15/h4,7,10,15-16,18-19,21-24,29-31H,1-3,5-6,8-9,11-14H2/b27-20+/t16-,18-,19+,21+,22-,23+,24+/m0/s1. The minimum absolute atomic E-state index is 0.0380. The summed E-state index contributed by atoms with van der Waals surface area (Å²) in [5, 5.41) is 35.9. The number of hydrogen-bond acceptors (Lipinski definition) is 9. The van der Waals surface area contributed by atoms with Gasteiger partial charge in [-0.05, 0) is 37.8 Å². The van der Waals surface area contributed by atoms with Gasteiger partial charge in [0, 0.05) is 24.3 Å².